The topological polar surface area (TPSA) is 63.0 Å². The fraction of sp³-hybridized carbons (Fsp3) is 0.571. The Hall–Kier alpha value is -1.62. The third-order valence-corrected chi connectivity index (χ3v) is 3.36. The third kappa shape index (κ3) is 2.56. The Kier molecular flexibility index (Phi) is 4.04. The van der Waals surface area contributed by atoms with Gasteiger partial charge in [0.1, 0.15) is 17.8 Å². The fourth-order valence-corrected chi connectivity index (χ4v) is 2.37. The zero-order valence-corrected chi connectivity index (χ0v) is 12.1. The summed E-state index contributed by atoms with van der Waals surface area (Å²) in [5, 5.41) is 13.2. The summed E-state index contributed by atoms with van der Waals surface area (Å²) in [6.07, 6.45) is 1.58. The van der Waals surface area contributed by atoms with Crippen LogP contribution >= 0.6 is 0 Å². The first-order valence-corrected chi connectivity index (χ1v) is 6.71. The number of hydrogen-bond acceptors (Lipinski definition) is 4. The maximum absolute atomic E-state index is 8.94. The van der Waals surface area contributed by atoms with E-state index in [2.05, 4.69) is 47.5 Å². The first kappa shape index (κ1) is 13.8. The number of nitrogens with zero attached hydrogens (tertiary/aromatic N) is 3. The molecule has 0 saturated heterocycles. The Morgan fingerprint density at radius 3 is 2.68 bits per heavy atom. The van der Waals surface area contributed by atoms with E-state index in [1.807, 2.05) is 0 Å². The lowest BCUT2D eigenvalue weighted by atomic mass is 10.2. The summed E-state index contributed by atoms with van der Waals surface area (Å²) in [6, 6.07) is 0. The van der Waals surface area contributed by atoms with Crippen molar-refractivity contribution in [3.63, 3.8) is 0 Å². The van der Waals surface area contributed by atoms with Crippen molar-refractivity contribution in [3.05, 3.63) is 17.6 Å². The van der Waals surface area contributed by atoms with Crippen LogP contribution in [0.3, 0.4) is 0 Å². The normalized spacial score (nSPS) is 11.5. The molecule has 0 fully saturated rings. The van der Waals surface area contributed by atoms with E-state index in [9.17, 15) is 0 Å². The van der Waals surface area contributed by atoms with Crippen LogP contribution in [-0.4, -0.2) is 32.8 Å². The molecule has 19 heavy (non-hydrogen) atoms. The van der Waals surface area contributed by atoms with Crippen molar-refractivity contribution < 1.29 is 5.11 Å². The number of aromatic nitrogens is 3. The minimum absolute atomic E-state index is 0.0935. The molecule has 0 aliphatic rings. The third-order valence-electron chi connectivity index (χ3n) is 3.36. The van der Waals surface area contributed by atoms with Crippen LogP contribution in [-0.2, 0) is 6.54 Å². The molecule has 104 valence electrons. The number of hydrogen-bond donors (Lipinski definition) is 2. The molecule has 0 aliphatic carbocycles. The monoisotopic (exact) mass is 262 g/mol. The average Bonchev–Trinajstić information content (AvgIpc) is 2.62. The summed E-state index contributed by atoms with van der Waals surface area (Å²) in [5.74, 6) is 1.37. The molecule has 2 aromatic heterocycles. The first-order valence-electron chi connectivity index (χ1n) is 6.71. The molecule has 0 aromatic carbocycles. The van der Waals surface area contributed by atoms with E-state index in [4.69, 9.17) is 5.11 Å². The van der Waals surface area contributed by atoms with Crippen LogP contribution in [0.1, 0.15) is 25.1 Å². The summed E-state index contributed by atoms with van der Waals surface area (Å²) < 4.78 is 2.25. The number of rotatable bonds is 5. The predicted octanol–water partition coefficient (Wildman–Crippen LogP) is 2.11. The van der Waals surface area contributed by atoms with E-state index in [0.29, 0.717) is 12.5 Å². The quantitative estimate of drug-likeness (QED) is 0.866. The number of aliphatic hydroxyl groups excluding tert-OH is 1. The minimum Gasteiger partial charge on any atom is -0.395 e. The maximum atomic E-state index is 8.94. The Morgan fingerprint density at radius 1 is 1.32 bits per heavy atom. The summed E-state index contributed by atoms with van der Waals surface area (Å²) in [4.78, 5) is 8.73. The molecule has 5 nitrogen and oxygen atoms in total. The molecule has 2 heterocycles. The smallest absolute Gasteiger partial charge is 0.145 e. The van der Waals surface area contributed by atoms with Crippen molar-refractivity contribution in [2.24, 2.45) is 5.92 Å². The van der Waals surface area contributed by atoms with Gasteiger partial charge < -0.3 is 15.0 Å². The van der Waals surface area contributed by atoms with Crippen molar-refractivity contribution in [2.45, 2.75) is 34.2 Å². The highest BCUT2D eigenvalue weighted by Crippen LogP contribution is 2.29. The van der Waals surface area contributed by atoms with Crippen molar-refractivity contribution in [1.82, 2.24) is 14.5 Å². The van der Waals surface area contributed by atoms with Gasteiger partial charge in [-0.3, -0.25) is 0 Å². The molecule has 2 aromatic rings. The number of fused-ring (bicyclic) bond motifs is 1. The minimum atomic E-state index is 0.0935. The number of aliphatic hydroxyl groups is 1. The molecule has 0 spiro atoms. The lowest BCUT2D eigenvalue weighted by molar-refractivity contribution is 0.311. The number of aryl methyl sites for hydroxylation is 1. The van der Waals surface area contributed by atoms with Gasteiger partial charge in [-0.25, -0.2) is 9.97 Å². The lowest BCUT2D eigenvalue weighted by Gasteiger charge is -2.10. The summed E-state index contributed by atoms with van der Waals surface area (Å²) >= 11 is 0. The van der Waals surface area contributed by atoms with Gasteiger partial charge in [-0.15, -0.1) is 0 Å². The Morgan fingerprint density at radius 2 is 2.05 bits per heavy atom. The van der Waals surface area contributed by atoms with Gasteiger partial charge in [-0.05, 0) is 25.3 Å². The lowest BCUT2D eigenvalue weighted by Crippen LogP contribution is -2.09. The number of nitrogens with one attached hydrogen (secondary N) is 1. The second kappa shape index (κ2) is 5.57. The maximum Gasteiger partial charge on any atom is 0.145 e. The SMILES string of the molecule is Cc1c(C)n(CC(C)C)c2ncnc(NCCO)c12. The molecule has 0 bridgehead atoms. The second-order valence-corrected chi connectivity index (χ2v) is 5.29. The molecule has 5 heteroatoms. The van der Waals surface area contributed by atoms with E-state index in [-0.39, 0.29) is 6.61 Å². The van der Waals surface area contributed by atoms with Gasteiger partial charge in [0, 0.05) is 18.8 Å². The Balaban J connectivity index is 2.57. The van der Waals surface area contributed by atoms with Crippen LogP contribution in [0, 0.1) is 19.8 Å². The van der Waals surface area contributed by atoms with E-state index >= 15 is 0 Å². The fourth-order valence-electron chi connectivity index (χ4n) is 2.37. The van der Waals surface area contributed by atoms with Gasteiger partial charge >= 0.3 is 0 Å². The van der Waals surface area contributed by atoms with Crippen molar-refractivity contribution >= 4 is 16.9 Å². The highest BCUT2D eigenvalue weighted by atomic mass is 16.3. The van der Waals surface area contributed by atoms with Crippen LogP contribution in [0.2, 0.25) is 0 Å². The molecule has 0 unspecified atom stereocenters. The van der Waals surface area contributed by atoms with Gasteiger partial charge in [-0.2, -0.15) is 0 Å². The van der Waals surface area contributed by atoms with E-state index in [1.165, 1.54) is 11.3 Å². The van der Waals surface area contributed by atoms with Crippen LogP contribution in [0.25, 0.3) is 11.0 Å². The Bertz CT molecular complexity index is 574. The second-order valence-electron chi connectivity index (χ2n) is 5.29. The molecule has 2 N–H and O–H groups in total. The average molecular weight is 262 g/mol. The highest BCUT2D eigenvalue weighted by molar-refractivity contribution is 5.91. The first-order chi connectivity index (χ1) is 9.06. The molecular weight excluding hydrogens is 240 g/mol. The van der Waals surface area contributed by atoms with Crippen LogP contribution < -0.4 is 5.32 Å². The zero-order valence-electron chi connectivity index (χ0n) is 12.1. The number of anilines is 1. The molecule has 0 radical (unpaired) electrons. The van der Waals surface area contributed by atoms with Crippen LogP contribution in [0.5, 0.6) is 0 Å². The van der Waals surface area contributed by atoms with E-state index in [1.54, 1.807) is 6.33 Å². The van der Waals surface area contributed by atoms with E-state index in [0.717, 1.165) is 23.4 Å². The van der Waals surface area contributed by atoms with Gasteiger partial charge in [0.25, 0.3) is 0 Å². The molecule has 0 aliphatic heterocycles. The molecule has 0 atom stereocenters. The highest BCUT2D eigenvalue weighted by Gasteiger charge is 2.16. The molecule has 0 amide bonds. The van der Waals surface area contributed by atoms with Gasteiger partial charge in [0.05, 0.1) is 12.0 Å². The van der Waals surface area contributed by atoms with Crippen molar-refractivity contribution in [1.29, 1.82) is 0 Å². The van der Waals surface area contributed by atoms with Crippen LogP contribution in [0.4, 0.5) is 5.82 Å². The molecule has 0 saturated carbocycles. The van der Waals surface area contributed by atoms with Gasteiger partial charge in [-0.1, -0.05) is 13.8 Å². The summed E-state index contributed by atoms with van der Waals surface area (Å²) in [5.41, 5.74) is 3.41. The van der Waals surface area contributed by atoms with Crippen molar-refractivity contribution in [2.75, 3.05) is 18.5 Å². The summed E-state index contributed by atoms with van der Waals surface area (Å²) in [6.45, 7) is 10.2. The van der Waals surface area contributed by atoms with E-state index < -0.39 is 0 Å². The van der Waals surface area contributed by atoms with Gasteiger partial charge in [0.15, 0.2) is 0 Å². The Labute approximate surface area is 113 Å². The predicted molar refractivity (Wildman–Crippen MR) is 77.4 cm³/mol. The molecule has 2 rings (SSSR count). The standard InChI is InChI=1S/C14H22N4O/c1-9(2)7-18-11(4)10(3)12-13(15-5-6-19)16-8-17-14(12)18/h8-9,19H,5-7H2,1-4H3,(H,15,16,17). The summed E-state index contributed by atoms with van der Waals surface area (Å²) in [7, 11) is 0. The zero-order chi connectivity index (χ0) is 14.0. The van der Waals surface area contributed by atoms with Gasteiger partial charge in [0.2, 0.25) is 0 Å². The molecular formula is C14H22N4O. The van der Waals surface area contributed by atoms with Crippen LogP contribution in [0.15, 0.2) is 6.33 Å². The van der Waals surface area contributed by atoms with Crippen molar-refractivity contribution in [3.8, 4) is 0 Å². The largest absolute Gasteiger partial charge is 0.395 e.